The molecule has 0 bridgehead atoms. The van der Waals surface area contributed by atoms with Crippen LogP contribution < -0.4 is 0 Å². The van der Waals surface area contributed by atoms with Gasteiger partial charge in [-0.25, -0.2) is 4.85 Å². The van der Waals surface area contributed by atoms with Crippen molar-refractivity contribution in [2.75, 3.05) is 0 Å². The number of hydrogen-bond donors (Lipinski definition) is 0. The first-order valence-electron chi connectivity index (χ1n) is 14.1. The van der Waals surface area contributed by atoms with Crippen LogP contribution >= 0.6 is 0 Å². The predicted octanol–water partition coefficient (Wildman–Crippen LogP) is 9.89. The van der Waals surface area contributed by atoms with Crippen molar-refractivity contribution in [1.82, 2.24) is 9.97 Å². The maximum Gasteiger partial charge on any atom is 0.187 e. The first-order chi connectivity index (χ1) is 21.0. The molecule has 0 saturated heterocycles. The molecule has 2 heterocycles. The van der Waals surface area contributed by atoms with Gasteiger partial charge in [-0.05, 0) is 60.9 Å². The van der Waals surface area contributed by atoms with Crippen LogP contribution in [0.3, 0.4) is 0 Å². The smallest absolute Gasteiger partial charge is 0.187 e. The summed E-state index contributed by atoms with van der Waals surface area (Å²) in [6.07, 6.45) is 0. The third kappa shape index (κ3) is 5.43. The van der Waals surface area contributed by atoms with Crippen molar-refractivity contribution in [3.05, 3.63) is 162 Å². The zero-order chi connectivity index (χ0) is 29.8. The predicted molar refractivity (Wildman–Crippen MR) is 173 cm³/mol. The highest BCUT2D eigenvalue weighted by Crippen LogP contribution is 2.39. The summed E-state index contributed by atoms with van der Waals surface area (Å²) >= 11 is 0. The Morgan fingerprint density at radius 3 is 1.58 bits per heavy atom. The van der Waals surface area contributed by atoms with Crippen molar-refractivity contribution in [3.63, 3.8) is 0 Å². The average Bonchev–Trinajstić information content (AvgIpc) is 3.08. The van der Waals surface area contributed by atoms with Crippen molar-refractivity contribution >= 4 is 5.69 Å². The van der Waals surface area contributed by atoms with Crippen LogP contribution in [0, 0.1) is 17.9 Å². The lowest BCUT2D eigenvalue weighted by atomic mass is 9.82. The van der Waals surface area contributed by atoms with Crippen LogP contribution in [0.5, 0.6) is 0 Å². The molecule has 0 fully saturated rings. The van der Waals surface area contributed by atoms with Gasteiger partial charge in [0.2, 0.25) is 0 Å². The van der Waals surface area contributed by atoms with Gasteiger partial charge in [-0.1, -0.05) is 103 Å². The Bertz CT molecular complexity index is 1870. The molecule has 43 heavy (non-hydrogen) atoms. The molecule has 6 rings (SSSR count). The van der Waals surface area contributed by atoms with E-state index in [2.05, 4.69) is 73.3 Å². The lowest BCUT2D eigenvalue weighted by Crippen LogP contribution is -2.23. The maximum absolute atomic E-state index is 9.59. The first kappa shape index (κ1) is 27.3. The molecule has 204 valence electrons. The summed E-state index contributed by atoms with van der Waals surface area (Å²) in [5.74, 6) is 0. The molecule has 2 aromatic heterocycles. The minimum Gasteiger partial charge on any atom is -0.251 e. The SMILES string of the molecule is [C-]#[N+]c1cccc(-c2nc(C(C)(C)c3ccc(-c4ccccc4)c(-c4cccc(C#N)c4)n3)ccc2-c2ccccc2)c1. The lowest BCUT2D eigenvalue weighted by molar-refractivity contribution is 0.597. The van der Waals surface area contributed by atoms with Crippen LogP contribution in [-0.2, 0) is 5.41 Å². The third-order valence-electron chi connectivity index (χ3n) is 7.75. The highest BCUT2D eigenvalue weighted by molar-refractivity contribution is 5.83. The van der Waals surface area contributed by atoms with Gasteiger partial charge in [-0.2, -0.15) is 5.26 Å². The number of benzene rings is 4. The van der Waals surface area contributed by atoms with Crippen LogP contribution in [0.15, 0.2) is 133 Å². The molecule has 4 aromatic carbocycles. The quantitative estimate of drug-likeness (QED) is 0.193. The lowest BCUT2D eigenvalue weighted by Gasteiger charge is -2.26. The molecule has 0 amide bonds. The molecular weight excluding hydrogens is 524 g/mol. The number of nitriles is 1. The molecule has 0 radical (unpaired) electrons. The summed E-state index contributed by atoms with van der Waals surface area (Å²) in [5, 5.41) is 9.59. The Hall–Kier alpha value is -5.84. The fourth-order valence-electron chi connectivity index (χ4n) is 5.35. The monoisotopic (exact) mass is 552 g/mol. The second kappa shape index (κ2) is 11.6. The number of pyridine rings is 2. The van der Waals surface area contributed by atoms with Crippen molar-refractivity contribution in [3.8, 4) is 50.8 Å². The van der Waals surface area contributed by atoms with E-state index >= 15 is 0 Å². The van der Waals surface area contributed by atoms with Crippen molar-refractivity contribution in [1.29, 1.82) is 5.26 Å². The zero-order valence-electron chi connectivity index (χ0n) is 24.0. The largest absolute Gasteiger partial charge is 0.251 e. The van der Waals surface area contributed by atoms with E-state index in [0.29, 0.717) is 11.3 Å². The molecule has 0 N–H and O–H groups in total. The molecule has 0 aliphatic heterocycles. The van der Waals surface area contributed by atoms with Gasteiger partial charge in [-0.15, -0.1) is 0 Å². The number of aromatic nitrogens is 2. The minimum atomic E-state index is -0.557. The van der Waals surface area contributed by atoms with Gasteiger partial charge in [-0.3, -0.25) is 9.97 Å². The van der Waals surface area contributed by atoms with E-state index in [1.807, 2.05) is 84.9 Å². The Morgan fingerprint density at radius 1 is 0.581 bits per heavy atom. The van der Waals surface area contributed by atoms with Gasteiger partial charge >= 0.3 is 0 Å². The third-order valence-corrected chi connectivity index (χ3v) is 7.75. The van der Waals surface area contributed by atoms with E-state index in [9.17, 15) is 5.26 Å². The first-order valence-corrected chi connectivity index (χ1v) is 14.1. The molecule has 0 atom stereocenters. The Kier molecular flexibility index (Phi) is 7.35. The Labute approximate surface area is 252 Å². The highest BCUT2D eigenvalue weighted by Gasteiger charge is 2.29. The zero-order valence-corrected chi connectivity index (χ0v) is 24.0. The van der Waals surface area contributed by atoms with Crippen molar-refractivity contribution < 1.29 is 0 Å². The molecule has 4 heteroatoms. The van der Waals surface area contributed by atoms with E-state index in [0.717, 1.165) is 56.2 Å². The van der Waals surface area contributed by atoms with Crippen LogP contribution in [-0.4, -0.2) is 9.97 Å². The fraction of sp³-hybridized carbons (Fsp3) is 0.0769. The van der Waals surface area contributed by atoms with Gasteiger partial charge in [0.1, 0.15) is 0 Å². The van der Waals surface area contributed by atoms with E-state index < -0.39 is 5.41 Å². The fourth-order valence-corrected chi connectivity index (χ4v) is 5.35. The summed E-state index contributed by atoms with van der Waals surface area (Å²) in [5.41, 5.74) is 9.89. The van der Waals surface area contributed by atoms with Gasteiger partial charge in [0.05, 0.1) is 41.0 Å². The summed E-state index contributed by atoms with van der Waals surface area (Å²) in [7, 11) is 0. The number of nitrogens with zero attached hydrogens (tertiary/aromatic N) is 4. The molecular formula is C39H28N4. The molecule has 0 spiro atoms. The van der Waals surface area contributed by atoms with E-state index in [4.69, 9.17) is 16.5 Å². The topological polar surface area (TPSA) is 53.9 Å². The molecule has 0 unspecified atom stereocenters. The summed E-state index contributed by atoms with van der Waals surface area (Å²) in [6.45, 7) is 11.8. The van der Waals surface area contributed by atoms with Gasteiger partial charge < -0.3 is 0 Å². The molecule has 0 aliphatic carbocycles. The van der Waals surface area contributed by atoms with E-state index in [1.165, 1.54) is 0 Å². The van der Waals surface area contributed by atoms with Crippen LogP contribution in [0.2, 0.25) is 0 Å². The molecule has 0 saturated carbocycles. The molecule has 4 nitrogen and oxygen atoms in total. The number of hydrogen-bond acceptors (Lipinski definition) is 3. The number of rotatable bonds is 6. The van der Waals surface area contributed by atoms with Crippen LogP contribution in [0.4, 0.5) is 5.69 Å². The van der Waals surface area contributed by atoms with Crippen molar-refractivity contribution in [2.24, 2.45) is 0 Å². The van der Waals surface area contributed by atoms with Crippen molar-refractivity contribution in [2.45, 2.75) is 19.3 Å². The standard InChI is InChI=1S/C39H28N4/c1-39(2,35-22-20-33(28-13-6-4-7-14-28)37(42-35)30-17-10-12-27(24-30)26-40)36-23-21-34(29-15-8-5-9-16-29)38(43-36)31-18-11-19-32(25-31)41-3/h4-25H,1-2H3. The maximum atomic E-state index is 9.59. The second-order valence-electron chi connectivity index (χ2n) is 10.9. The Morgan fingerprint density at radius 2 is 1.07 bits per heavy atom. The highest BCUT2D eigenvalue weighted by atomic mass is 14.8. The summed E-state index contributed by atoms with van der Waals surface area (Å²) in [6, 6.07) is 46.3. The normalized spacial score (nSPS) is 11.0. The van der Waals surface area contributed by atoms with Gasteiger partial charge in [0.15, 0.2) is 5.69 Å². The van der Waals surface area contributed by atoms with Gasteiger partial charge in [0, 0.05) is 22.1 Å². The summed E-state index contributed by atoms with van der Waals surface area (Å²) in [4.78, 5) is 14.2. The molecule has 6 aromatic rings. The molecule has 0 aliphatic rings. The summed E-state index contributed by atoms with van der Waals surface area (Å²) < 4.78 is 0. The van der Waals surface area contributed by atoms with E-state index in [1.54, 1.807) is 0 Å². The van der Waals surface area contributed by atoms with Crippen LogP contribution in [0.25, 0.3) is 49.6 Å². The van der Waals surface area contributed by atoms with Gasteiger partial charge in [0.25, 0.3) is 0 Å². The second-order valence-corrected chi connectivity index (χ2v) is 10.9. The van der Waals surface area contributed by atoms with E-state index in [-0.39, 0.29) is 0 Å². The van der Waals surface area contributed by atoms with Crippen LogP contribution in [0.1, 0.15) is 30.8 Å². The Balaban J connectivity index is 1.52. The average molecular weight is 553 g/mol. The minimum absolute atomic E-state index is 0.557.